The first kappa shape index (κ1) is 18.1. The molecular weight excluding hydrogens is 325 g/mol. The molecule has 3 saturated carbocycles. The summed E-state index contributed by atoms with van der Waals surface area (Å²) in [5.41, 5.74) is 6.91. The lowest BCUT2D eigenvalue weighted by Gasteiger charge is -2.64. The average Bonchev–Trinajstić information content (AvgIpc) is 2.96. The third kappa shape index (κ3) is 2.63. The summed E-state index contributed by atoms with van der Waals surface area (Å²) in [5, 5.41) is 0. The van der Waals surface area contributed by atoms with Crippen molar-refractivity contribution in [3.05, 3.63) is 35.9 Å². The van der Waals surface area contributed by atoms with E-state index in [0.717, 1.165) is 12.8 Å². The van der Waals surface area contributed by atoms with E-state index in [-0.39, 0.29) is 36.5 Å². The van der Waals surface area contributed by atoms with Crippen LogP contribution in [-0.2, 0) is 20.5 Å². The summed E-state index contributed by atoms with van der Waals surface area (Å²) in [4.78, 5) is 12.0. The number of hydrogen-bond acceptors (Lipinski definition) is 3. The summed E-state index contributed by atoms with van der Waals surface area (Å²) in [6, 6.07) is 10.2. The molecule has 1 aliphatic heterocycles. The van der Waals surface area contributed by atoms with E-state index in [9.17, 15) is 4.79 Å². The van der Waals surface area contributed by atoms with Gasteiger partial charge in [0, 0.05) is 11.7 Å². The van der Waals surface area contributed by atoms with E-state index in [1.165, 1.54) is 12.0 Å². The molecule has 1 amide bonds. The fourth-order valence-corrected chi connectivity index (χ4v) is 5.69. The molecule has 1 heterocycles. The van der Waals surface area contributed by atoms with Crippen LogP contribution in [0.25, 0.3) is 0 Å². The highest BCUT2D eigenvalue weighted by Crippen LogP contribution is 2.66. The van der Waals surface area contributed by atoms with Crippen LogP contribution in [0.3, 0.4) is 0 Å². The monoisotopic (exact) mass is 355 g/mol. The summed E-state index contributed by atoms with van der Waals surface area (Å²) < 4.78 is 13.1. The molecule has 1 saturated heterocycles. The van der Waals surface area contributed by atoms with Gasteiger partial charge in [-0.15, -0.1) is 0 Å². The summed E-state index contributed by atoms with van der Waals surface area (Å²) >= 11 is 0. The normalized spacial score (nSPS) is 36.8. The van der Waals surface area contributed by atoms with Crippen LogP contribution in [0.15, 0.2) is 30.3 Å². The van der Waals surface area contributed by atoms with E-state index >= 15 is 0 Å². The summed E-state index contributed by atoms with van der Waals surface area (Å²) in [7, 11) is -0.372. The van der Waals surface area contributed by atoms with Crippen LogP contribution in [0.4, 0.5) is 0 Å². The SMILES string of the molecule is CC(C(N)=O)[C@@H](Cc1ccccc1)B1O[C@@H]2C[C@@H]3C[C@@H](C3(C)C)[C@]2(C)O1. The largest absolute Gasteiger partial charge is 0.462 e. The van der Waals surface area contributed by atoms with Gasteiger partial charge in [0.2, 0.25) is 5.91 Å². The zero-order valence-corrected chi connectivity index (χ0v) is 16.3. The summed E-state index contributed by atoms with van der Waals surface area (Å²) in [6.45, 7) is 8.83. The molecule has 1 unspecified atom stereocenters. The van der Waals surface area contributed by atoms with Crippen LogP contribution in [0.2, 0.25) is 5.82 Å². The predicted octanol–water partition coefficient (Wildman–Crippen LogP) is 3.45. The van der Waals surface area contributed by atoms with Gasteiger partial charge in [0.25, 0.3) is 0 Å². The van der Waals surface area contributed by atoms with Gasteiger partial charge >= 0.3 is 7.12 Å². The van der Waals surface area contributed by atoms with Gasteiger partial charge in [0.15, 0.2) is 0 Å². The predicted molar refractivity (Wildman–Crippen MR) is 102 cm³/mol. The number of carbonyl (C=O) groups is 1. The van der Waals surface area contributed by atoms with Crippen molar-refractivity contribution in [1.29, 1.82) is 0 Å². The number of carbonyl (C=O) groups excluding carboxylic acids is 1. The Labute approximate surface area is 157 Å². The van der Waals surface area contributed by atoms with Crippen molar-refractivity contribution in [2.45, 2.75) is 64.5 Å². The van der Waals surface area contributed by atoms with Gasteiger partial charge < -0.3 is 15.0 Å². The second kappa shape index (κ2) is 6.10. The molecular formula is C21H30BNO3. The Hall–Kier alpha value is -1.33. The zero-order chi connectivity index (χ0) is 18.7. The van der Waals surface area contributed by atoms with E-state index in [1.54, 1.807) is 0 Å². The Morgan fingerprint density at radius 2 is 1.96 bits per heavy atom. The highest BCUT2D eigenvalue weighted by molar-refractivity contribution is 6.48. The first-order valence-electron chi connectivity index (χ1n) is 9.90. The highest BCUT2D eigenvalue weighted by atomic mass is 16.7. The number of rotatable bonds is 5. The van der Waals surface area contributed by atoms with E-state index < -0.39 is 0 Å². The second-order valence-electron chi connectivity index (χ2n) is 9.38. The molecule has 2 bridgehead atoms. The van der Waals surface area contributed by atoms with E-state index in [1.807, 2.05) is 25.1 Å². The lowest BCUT2D eigenvalue weighted by molar-refractivity contribution is -0.199. The van der Waals surface area contributed by atoms with E-state index in [0.29, 0.717) is 17.3 Å². The minimum atomic E-state index is -0.372. The maximum Gasteiger partial charge on any atom is 0.462 e. The Kier molecular flexibility index (Phi) is 4.24. The van der Waals surface area contributed by atoms with Crippen molar-refractivity contribution in [3.63, 3.8) is 0 Å². The lowest BCUT2D eigenvalue weighted by atomic mass is 9.43. The number of primary amides is 1. The van der Waals surface area contributed by atoms with Crippen LogP contribution in [0.1, 0.15) is 46.1 Å². The van der Waals surface area contributed by atoms with Gasteiger partial charge in [-0.1, -0.05) is 51.1 Å². The molecule has 4 nitrogen and oxygen atoms in total. The van der Waals surface area contributed by atoms with Gasteiger partial charge in [-0.3, -0.25) is 4.79 Å². The number of hydrogen-bond donors (Lipinski definition) is 1. The minimum absolute atomic E-state index is 0.0716. The molecule has 0 radical (unpaired) electrons. The minimum Gasteiger partial charge on any atom is -0.405 e. The number of nitrogens with two attached hydrogens (primary N) is 1. The van der Waals surface area contributed by atoms with Gasteiger partial charge in [0.1, 0.15) is 0 Å². The first-order chi connectivity index (χ1) is 12.2. The second-order valence-corrected chi connectivity index (χ2v) is 9.38. The molecule has 4 aliphatic rings. The number of benzene rings is 1. The third-order valence-electron chi connectivity index (χ3n) is 7.72. The molecule has 6 atom stereocenters. The van der Waals surface area contributed by atoms with Crippen molar-refractivity contribution in [3.8, 4) is 0 Å². The molecule has 5 rings (SSSR count). The Balaban J connectivity index is 1.58. The molecule has 0 aromatic heterocycles. The molecule has 1 aromatic carbocycles. The zero-order valence-electron chi connectivity index (χ0n) is 16.3. The molecule has 5 heteroatoms. The van der Waals surface area contributed by atoms with Crippen molar-refractivity contribution >= 4 is 13.0 Å². The quantitative estimate of drug-likeness (QED) is 0.823. The maximum atomic E-state index is 12.0. The van der Waals surface area contributed by atoms with Gasteiger partial charge in [0.05, 0.1) is 11.7 Å². The van der Waals surface area contributed by atoms with Crippen LogP contribution in [0, 0.1) is 23.2 Å². The molecule has 1 aromatic rings. The maximum absolute atomic E-state index is 12.0. The van der Waals surface area contributed by atoms with Crippen LogP contribution in [-0.4, -0.2) is 24.7 Å². The molecule has 140 valence electrons. The Morgan fingerprint density at radius 1 is 1.27 bits per heavy atom. The summed E-state index contributed by atoms with van der Waals surface area (Å²) in [6.07, 6.45) is 3.14. The molecule has 3 aliphatic carbocycles. The van der Waals surface area contributed by atoms with Crippen molar-refractivity contribution in [2.24, 2.45) is 28.9 Å². The lowest BCUT2D eigenvalue weighted by Crippen LogP contribution is -2.65. The third-order valence-corrected chi connectivity index (χ3v) is 7.72. The summed E-state index contributed by atoms with van der Waals surface area (Å²) in [5.74, 6) is 0.575. The first-order valence-corrected chi connectivity index (χ1v) is 9.90. The Morgan fingerprint density at radius 3 is 2.58 bits per heavy atom. The van der Waals surface area contributed by atoms with E-state index in [4.69, 9.17) is 15.0 Å². The fourth-order valence-electron chi connectivity index (χ4n) is 5.69. The molecule has 0 spiro atoms. The van der Waals surface area contributed by atoms with E-state index in [2.05, 4.69) is 32.9 Å². The molecule has 2 N–H and O–H groups in total. The molecule has 26 heavy (non-hydrogen) atoms. The highest BCUT2D eigenvalue weighted by Gasteiger charge is 2.68. The molecule has 4 fully saturated rings. The smallest absolute Gasteiger partial charge is 0.405 e. The Bertz CT molecular complexity index is 694. The number of amides is 1. The van der Waals surface area contributed by atoms with Gasteiger partial charge in [-0.25, -0.2) is 0 Å². The van der Waals surface area contributed by atoms with Gasteiger partial charge in [-0.2, -0.15) is 0 Å². The van der Waals surface area contributed by atoms with Crippen molar-refractivity contribution in [1.82, 2.24) is 0 Å². The fraction of sp³-hybridized carbons (Fsp3) is 0.667. The average molecular weight is 355 g/mol. The van der Waals surface area contributed by atoms with Crippen LogP contribution in [0.5, 0.6) is 0 Å². The topological polar surface area (TPSA) is 61.6 Å². The standard InChI is InChI=1S/C21H30BNO3/c1-13(19(23)24)16(10-14-8-6-5-7-9-14)22-25-18-12-15-11-17(20(15,2)3)21(18,4)26-22/h5-9,13,15-18H,10-12H2,1-4H3,(H2,23,24)/t13?,15-,16+,17-,18+,21-/m0/s1. The van der Waals surface area contributed by atoms with Crippen LogP contribution < -0.4 is 5.73 Å². The van der Waals surface area contributed by atoms with Crippen LogP contribution >= 0.6 is 0 Å². The van der Waals surface area contributed by atoms with Gasteiger partial charge in [-0.05, 0) is 49.0 Å². The van der Waals surface area contributed by atoms with Crippen molar-refractivity contribution in [2.75, 3.05) is 0 Å². The van der Waals surface area contributed by atoms with Crippen molar-refractivity contribution < 1.29 is 14.1 Å².